The largest absolute Gasteiger partial charge is 0.496 e. The van der Waals surface area contributed by atoms with Crippen molar-refractivity contribution >= 4 is 6.29 Å². The Balaban J connectivity index is 2.18. The molecule has 4 nitrogen and oxygen atoms in total. The molecule has 1 aliphatic rings. The van der Waals surface area contributed by atoms with Crippen LogP contribution < -0.4 is 4.74 Å². The van der Waals surface area contributed by atoms with Crippen LogP contribution >= 0.6 is 0 Å². The van der Waals surface area contributed by atoms with E-state index < -0.39 is 0 Å². The Hall–Kier alpha value is -1.39. The number of hydrogen-bond acceptors (Lipinski definition) is 4. The summed E-state index contributed by atoms with van der Waals surface area (Å²) in [5, 5.41) is 9.44. The smallest absolute Gasteiger partial charge is 0.150 e. The van der Waals surface area contributed by atoms with Gasteiger partial charge in [0.05, 0.1) is 13.7 Å². The fraction of sp³-hybridized carbons (Fsp3) is 0.533. The van der Waals surface area contributed by atoms with Crippen LogP contribution in [0.2, 0.25) is 0 Å². The fourth-order valence-electron chi connectivity index (χ4n) is 2.69. The minimum absolute atomic E-state index is 0.190. The van der Waals surface area contributed by atoms with Crippen LogP contribution in [0.1, 0.15) is 35.2 Å². The monoisotopic (exact) mass is 263 g/mol. The van der Waals surface area contributed by atoms with Crippen molar-refractivity contribution in [1.82, 2.24) is 4.90 Å². The number of aliphatic hydroxyl groups is 1. The first-order valence-corrected chi connectivity index (χ1v) is 6.75. The highest BCUT2D eigenvalue weighted by molar-refractivity contribution is 5.75. The molecule has 0 aliphatic carbocycles. The summed E-state index contributed by atoms with van der Waals surface area (Å²) in [5.41, 5.74) is 1.67. The van der Waals surface area contributed by atoms with E-state index in [4.69, 9.17) is 4.74 Å². The molecule has 104 valence electrons. The molecule has 0 spiro atoms. The molecule has 1 aliphatic heterocycles. The lowest BCUT2D eigenvalue weighted by Gasteiger charge is -2.34. The molecular weight excluding hydrogens is 242 g/mol. The maximum atomic E-state index is 10.9. The van der Waals surface area contributed by atoms with E-state index in [1.165, 1.54) is 6.42 Å². The summed E-state index contributed by atoms with van der Waals surface area (Å²) in [7, 11) is 1.64. The Bertz CT molecular complexity index is 433. The quantitative estimate of drug-likeness (QED) is 0.824. The van der Waals surface area contributed by atoms with Gasteiger partial charge in [-0.2, -0.15) is 0 Å². The van der Waals surface area contributed by atoms with Crippen LogP contribution in [0.5, 0.6) is 5.75 Å². The van der Waals surface area contributed by atoms with E-state index in [9.17, 15) is 9.90 Å². The zero-order valence-electron chi connectivity index (χ0n) is 11.3. The summed E-state index contributed by atoms with van der Waals surface area (Å²) >= 11 is 0. The number of likely N-dealkylation sites (tertiary alicyclic amines) is 1. The summed E-state index contributed by atoms with van der Waals surface area (Å²) in [6.07, 6.45) is 4.22. The van der Waals surface area contributed by atoms with Crippen LogP contribution in [0.4, 0.5) is 0 Å². The molecule has 0 aromatic heterocycles. The fourth-order valence-corrected chi connectivity index (χ4v) is 2.69. The number of carbonyl (C=O) groups excluding carboxylic acids is 1. The molecule has 1 atom stereocenters. The third-order valence-electron chi connectivity index (χ3n) is 3.77. The molecule has 0 saturated carbocycles. The van der Waals surface area contributed by atoms with Gasteiger partial charge in [0, 0.05) is 23.7 Å². The minimum atomic E-state index is 0.190. The lowest BCUT2D eigenvalue weighted by atomic mass is 10.0. The van der Waals surface area contributed by atoms with Gasteiger partial charge >= 0.3 is 0 Å². The summed E-state index contributed by atoms with van der Waals surface area (Å²) in [6, 6.07) is 5.68. The van der Waals surface area contributed by atoms with Crippen molar-refractivity contribution in [1.29, 1.82) is 0 Å². The first-order chi connectivity index (χ1) is 9.28. The van der Waals surface area contributed by atoms with Gasteiger partial charge in [0.1, 0.15) is 12.0 Å². The topological polar surface area (TPSA) is 49.8 Å². The standard InChI is InChI=1S/C15H21NO3/c1-19-15-6-5-12(10-17)8-13(15)9-16-7-3-2-4-14(16)11-18/h5-6,8,10,14,18H,2-4,7,9,11H2,1H3. The highest BCUT2D eigenvalue weighted by atomic mass is 16.5. The third-order valence-corrected chi connectivity index (χ3v) is 3.77. The molecule has 1 aromatic rings. The van der Waals surface area contributed by atoms with E-state index in [0.29, 0.717) is 5.56 Å². The Morgan fingerprint density at radius 3 is 3.00 bits per heavy atom. The van der Waals surface area contributed by atoms with Gasteiger partial charge in [0.25, 0.3) is 0 Å². The van der Waals surface area contributed by atoms with Crippen LogP contribution in [0.3, 0.4) is 0 Å². The van der Waals surface area contributed by atoms with E-state index in [1.54, 1.807) is 13.2 Å². The van der Waals surface area contributed by atoms with Crippen LogP contribution in [0.25, 0.3) is 0 Å². The number of ether oxygens (including phenoxy) is 1. The van der Waals surface area contributed by atoms with Crippen molar-refractivity contribution < 1.29 is 14.6 Å². The summed E-state index contributed by atoms with van der Waals surface area (Å²) in [4.78, 5) is 13.2. The maximum absolute atomic E-state index is 10.9. The number of piperidine rings is 1. The molecule has 0 bridgehead atoms. The second-order valence-electron chi connectivity index (χ2n) is 4.99. The van der Waals surface area contributed by atoms with E-state index in [0.717, 1.165) is 43.5 Å². The molecule has 1 aromatic carbocycles. The van der Waals surface area contributed by atoms with Crippen LogP contribution in [-0.2, 0) is 6.54 Å². The lowest BCUT2D eigenvalue weighted by Crippen LogP contribution is -2.41. The van der Waals surface area contributed by atoms with Gasteiger partial charge in [-0.15, -0.1) is 0 Å². The maximum Gasteiger partial charge on any atom is 0.150 e. The molecule has 1 unspecified atom stereocenters. The molecule has 1 saturated heterocycles. The van der Waals surface area contributed by atoms with Crippen LogP contribution in [0, 0.1) is 0 Å². The summed E-state index contributed by atoms with van der Waals surface area (Å²) < 4.78 is 5.35. The van der Waals surface area contributed by atoms with Crippen LogP contribution in [-0.4, -0.2) is 42.6 Å². The highest BCUT2D eigenvalue weighted by Crippen LogP contribution is 2.25. The van der Waals surface area contributed by atoms with Gasteiger partial charge in [-0.1, -0.05) is 6.42 Å². The lowest BCUT2D eigenvalue weighted by molar-refractivity contribution is 0.0834. The van der Waals surface area contributed by atoms with Gasteiger partial charge < -0.3 is 9.84 Å². The molecule has 4 heteroatoms. The van der Waals surface area contributed by atoms with Crippen molar-refractivity contribution in [2.45, 2.75) is 31.8 Å². The van der Waals surface area contributed by atoms with Crippen molar-refractivity contribution in [2.24, 2.45) is 0 Å². The Kier molecular flexibility index (Phi) is 4.93. The van der Waals surface area contributed by atoms with Gasteiger partial charge in [-0.25, -0.2) is 0 Å². The van der Waals surface area contributed by atoms with E-state index >= 15 is 0 Å². The Morgan fingerprint density at radius 1 is 1.47 bits per heavy atom. The van der Waals surface area contributed by atoms with E-state index in [2.05, 4.69) is 4.90 Å². The molecule has 19 heavy (non-hydrogen) atoms. The minimum Gasteiger partial charge on any atom is -0.496 e. The molecule has 1 N–H and O–H groups in total. The van der Waals surface area contributed by atoms with Crippen molar-refractivity contribution in [3.8, 4) is 5.75 Å². The number of hydrogen-bond donors (Lipinski definition) is 1. The van der Waals surface area contributed by atoms with E-state index in [-0.39, 0.29) is 12.6 Å². The first-order valence-electron chi connectivity index (χ1n) is 6.75. The van der Waals surface area contributed by atoms with Crippen molar-refractivity contribution in [2.75, 3.05) is 20.3 Å². The van der Waals surface area contributed by atoms with Gasteiger partial charge in [-0.3, -0.25) is 9.69 Å². The molecule has 0 amide bonds. The molecule has 2 rings (SSSR count). The number of benzene rings is 1. The van der Waals surface area contributed by atoms with Crippen LogP contribution in [0.15, 0.2) is 18.2 Å². The Labute approximate surface area is 114 Å². The second-order valence-corrected chi connectivity index (χ2v) is 4.99. The number of aliphatic hydroxyl groups excluding tert-OH is 1. The number of rotatable bonds is 5. The SMILES string of the molecule is COc1ccc(C=O)cc1CN1CCCCC1CO. The molecular formula is C15H21NO3. The number of nitrogens with zero attached hydrogens (tertiary/aromatic N) is 1. The third kappa shape index (κ3) is 3.33. The molecule has 1 heterocycles. The van der Waals surface area contributed by atoms with Gasteiger partial charge in [-0.05, 0) is 37.6 Å². The van der Waals surface area contributed by atoms with Gasteiger partial charge in [0.15, 0.2) is 0 Å². The Morgan fingerprint density at radius 2 is 2.32 bits per heavy atom. The first kappa shape index (κ1) is 14.0. The second kappa shape index (κ2) is 6.68. The zero-order chi connectivity index (χ0) is 13.7. The average molecular weight is 263 g/mol. The number of carbonyl (C=O) groups is 1. The molecule has 0 radical (unpaired) electrons. The molecule has 1 fully saturated rings. The predicted octanol–water partition coefficient (Wildman–Crippen LogP) is 1.85. The van der Waals surface area contributed by atoms with Gasteiger partial charge in [0.2, 0.25) is 0 Å². The number of aldehydes is 1. The highest BCUT2D eigenvalue weighted by Gasteiger charge is 2.22. The predicted molar refractivity (Wildman–Crippen MR) is 73.5 cm³/mol. The normalized spacial score (nSPS) is 20.2. The van der Waals surface area contributed by atoms with E-state index in [1.807, 2.05) is 12.1 Å². The average Bonchev–Trinajstić information content (AvgIpc) is 2.47. The summed E-state index contributed by atoms with van der Waals surface area (Å²) in [6.45, 7) is 1.89. The van der Waals surface area contributed by atoms with Crippen molar-refractivity contribution in [3.05, 3.63) is 29.3 Å². The zero-order valence-corrected chi connectivity index (χ0v) is 11.3. The number of methoxy groups -OCH3 is 1. The van der Waals surface area contributed by atoms with Crippen molar-refractivity contribution in [3.63, 3.8) is 0 Å². The summed E-state index contributed by atoms with van der Waals surface area (Å²) in [5.74, 6) is 0.799.